The zero-order chi connectivity index (χ0) is 18.7. The van der Waals surface area contributed by atoms with Crippen molar-refractivity contribution < 1.29 is 14.3 Å². The van der Waals surface area contributed by atoms with Crippen LogP contribution in [0.3, 0.4) is 0 Å². The van der Waals surface area contributed by atoms with E-state index in [0.717, 1.165) is 26.4 Å². The number of hydrogen-bond donors (Lipinski definition) is 0. The van der Waals surface area contributed by atoms with Gasteiger partial charge >= 0.3 is 5.97 Å². The lowest BCUT2D eigenvalue weighted by atomic mass is 9.98. The fraction of sp³-hybridized carbons (Fsp3) is 0.278. The van der Waals surface area contributed by atoms with Crippen molar-refractivity contribution in [3.8, 4) is 10.7 Å². The van der Waals surface area contributed by atoms with Crippen LogP contribution in [0, 0.1) is 20.8 Å². The van der Waals surface area contributed by atoms with Crippen molar-refractivity contribution in [2.45, 2.75) is 27.3 Å². The molecule has 3 aromatic rings. The third kappa shape index (κ3) is 4.02. The van der Waals surface area contributed by atoms with Gasteiger partial charge in [0.05, 0.1) is 4.88 Å². The number of benzene rings is 1. The highest BCUT2D eigenvalue weighted by molar-refractivity contribution is 7.13. The van der Waals surface area contributed by atoms with Gasteiger partial charge in [-0.05, 0) is 60.2 Å². The summed E-state index contributed by atoms with van der Waals surface area (Å²) in [4.78, 5) is 26.3. The van der Waals surface area contributed by atoms with Crippen LogP contribution < -0.4 is 0 Å². The van der Waals surface area contributed by atoms with E-state index in [4.69, 9.17) is 4.74 Å². The lowest BCUT2D eigenvalue weighted by Crippen LogP contribution is -2.20. The van der Waals surface area contributed by atoms with Crippen LogP contribution in [-0.2, 0) is 16.1 Å². The van der Waals surface area contributed by atoms with Crippen LogP contribution in [0.2, 0.25) is 0 Å². The van der Waals surface area contributed by atoms with Gasteiger partial charge in [-0.3, -0.25) is 4.79 Å². The first-order chi connectivity index (χ1) is 12.4. The molecule has 0 unspecified atom stereocenters. The molecule has 0 fully saturated rings. The molecule has 8 heteroatoms. The fourth-order valence-corrected chi connectivity index (χ4v) is 3.11. The zero-order valence-electron chi connectivity index (χ0n) is 14.7. The molecule has 0 radical (unpaired) electrons. The predicted octanol–water partition coefficient (Wildman–Crippen LogP) is 2.75. The lowest BCUT2D eigenvalue weighted by Gasteiger charge is -2.09. The Morgan fingerprint density at radius 3 is 2.65 bits per heavy atom. The van der Waals surface area contributed by atoms with Crippen molar-refractivity contribution in [3.63, 3.8) is 0 Å². The average Bonchev–Trinajstić information content (AvgIpc) is 3.27. The fourth-order valence-electron chi connectivity index (χ4n) is 2.46. The summed E-state index contributed by atoms with van der Waals surface area (Å²) in [5.74, 6) is -0.366. The molecule has 0 aliphatic carbocycles. The number of nitrogens with zero attached hydrogens (tertiary/aromatic N) is 4. The van der Waals surface area contributed by atoms with E-state index in [0.29, 0.717) is 11.4 Å². The molecule has 0 aliphatic rings. The van der Waals surface area contributed by atoms with Crippen LogP contribution in [0.5, 0.6) is 0 Å². The van der Waals surface area contributed by atoms with Gasteiger partial charge in [0.2, 0.25) is 11.6 Å². The molecule has 2 heterocycles. The number of thiophene rings is 1. The van der Waals surface area contributed by atoms with Crippen LogP contribution in [0.1, 0.15) is 27.0 Å². The van der Waals surface area contributed by atoms with E-state index in [1.54, 1.807) is 0 Å². The van der Waals surface area contributed by atoms with Crippen molar-refractivity contribution >= 4 is 23.1 Å². The van der Waals surface area contributed by atoms with Gasteiger partial charge in [-0.1, -0.05) is 12.1 Å². The van der Waals surface area contributed by atoms with Crippen LogP contribution in [-0.4, -0.2) is 38.6 Å². The maximum Gasteiger partial charge on any atom is 0.330 e. The summed E-state index contributed by atoms with van der Waals surface area (Å²) < 4.78 is 5.07. The number of rotatable bonds is 6. The molecule has 0 N–H and O–H groups in total. The van der Waals surface area contributed by atoms with E-state index in [1.165, 1.54) is 11.3 Å². The normalized spacial score (nSPS) is 10.7. The number of hydrogen-bond acceptors (Lipinski definition) is 7. The van der Waals surface area contributed by atoms with E-state index in [-0.39, 0.29) is 18.9 Å². The molecule has 2 aromatic heterocycles. The molecule has 0 saturated heterocycles. The Hall–Kier alpha value is -2.87. The van der Waals surface area contributed by atoms with Gasteiger partial charge in [0.15, 0.2) is 13.2 Å². The smallest absolute Gasteiger partial charge is 0.330 e. The van der Waals surface area contributed by atoms with Crippen molar-refractivity contribution in [1.29, 1.82) is 0 Å². The first-order valence-corrected chi connectivity index (χ1v) is 8.90. The topological polar surface area (TPSA) is 87.0 Å². The monoisotopic (exact) mass is 370 g/mol. The Kier molecular flexibility index (Phi) is 5.22. The molecule has 0 atom stereocenters. The van der Waals surface area contributed by atoms with Crippen LogP contribution in [0.25, 0.3) is 10.7 Å². The van der Waals surface area contributed by atoms with Crippen molar-refractivity contribution in [1.82, 2.24) is 20.2 Å². The van der Waals surface area contributed by atoms with Gasteiger partial charge in [0, 0.05) is 5.56 Å². The Morgan fingerprint density at radius 2 is 1.92 bits per heavy atom. The highest BCUT2D eigenvalue weighted by Crippen LogP contribution is 2.19. The second-order valence-corrected chi connectivity index (χ2v) is 6.90. The molecular formula is C18H18N4O3S. The van der Waals surface area contributed by atoms with Gasteiger partial charge in [-0.15, -0.1) is 21.5 Å². The third-order valence-corrected chi connectivity index (χ3v) is 4.84. The molecule has 0 aliphatic heterocycles. The van der Waals surface area contributed by atoms with Gasteiger partial charge in [-0.2, -0.15) is 4.80 Å². The number of aryl methyl sites for hydroxylation is 3. The first-order valence-electron chi connectivity index (χ1n) is 8.02. The molecule has 0 bridgehead atoms. The molecule has 3 rings (SSSR count). The molecule has 0 spiro atoms. The summed E-state index contributed by atoms with van der Waals surface area (Å²) in [7, 11) is 0. The van der Waals surface area contributed by atoms with Gasteiger partial charge in [-0.25, -0.2) is 4.79 Å². The number of Topliss-reactive ketones (excluding diaryl/α,β-unsaturated/α-hetero) is 1. The first kappa shape index (κ1) is 17.9. The van der Waals surface area contributed by atoms with E-state index in [9.17, 15) is 9.59 Å². The molecule has 1 aromatic carbocycles. The Morgan fingerprint density at radius 1 is 1.15 bits per heavy atom. The minimum atomic E-state index is -0.588. The van der Waals surface area contributed by atoms with Crippen molar-refractivity contribution in [2.75, 3.05) is 6.61 Å². The zero-order valence-corrected chi connectivity index (χ0v) is 15.5. The number of tetrazole rings is 1. The molecule has 134 valence electrons. The quantitative estimate of drug-likeness (QED) is 0.490. The maximum absolute atomic E-state index is 12.3. The van der Waals surface area contributed by atoms with Crippen LogP contribution in [0.15, 0.2) is 29.6 Å². The number of ether oxygens (including phenoxy) is 1. The van der Waals surface area contributed by atoms with Crippen LogP contribution in [0.4, 0.5) is 0 Å². The Balaban J connectivity index is 1.57. The second-order valence-electron chi connectivity index (χ2n) is 5.96. The van der Waals surface area contributed by atoms with E-state index >= 15 is 0 Å². The number of esters is 1. The number of carbonyl (C=O) groups is 2. The summed E-state index contributed by atoms with van der Waals surface area (Å²) in [6.45, 7) is 5.30. The minimum absolute atomic E-state index is 0.197. The molecule has 26 heavy (non-hydrogen) atoms. The molecule has 7 nitrogen and oxygen atoms in total. The van der Waals surface area contributed by atoms with E-state index < -0.39 is 5.97 Å². The van der Waals surface area contributed by atoms with E-state index in [1.807, 2.05) is 50.4 Å². The Bertz CT molecular complexity index is 948. The van der Waals surface area contributed by atoms with Crippen LogP contribution >= 0.6 is 11.3 Å². The van der Waals surface area contributed by atoms with Crippen molar-refractivity contribution in [3.05, 3.63) is 51.9 Å². The summed E-state index contributed by atoms with van der Waals surface area (Å²) in [5.41, 5.74) is 3.58. The van der Waals surface area contributed by atoms with Gasteiger partial charge in [0.25, 0.3) is 0 Å². The molecular weight excluding hydrogens is 352 g/mol. The molecule has 0 saturated carbocycles. The number of carbonyl (C=O) groups excluding carboxylic acids is 2. The second kappa shape index (κ2) is 7.57. The summed E-state index contributed by atoms with van der Waals surface area (Å²) in [5, 5.41) is 13.8. The number of aromatic nitrogens is 4. The van der Waals surface area contributed by atoms with Gasteiger partial charge in [0.1, 0.15) is 0 Å². The highest BCUT2D eigenvalue weighted by Gasteiger charge is 2.15. The number of ketones is 1. The largest absolute Gasteiger partial charge is 0.456 e. The average molecular weight is 370 g/mol. The summed E-state index contributed by atoms with van der Waals surface area (Å²) >= 11 is 1.48. The summed E-state index contributed by atoms with van der Waals surface area (Å²) in [6.07, 6.45) is 0. The third-order valence-electron chi connectivity index (χ3n) is 3.97. The predicted molar refractivity (Wildman–Crippen MR) is 97.1 cm³/mol. The minimum Gasteiger partial charge on any atom is -0.456 e. The maximum atomic E-state index is 12.3. The van der Waals surface area contributed by atoms with Crippen molar-refractivity contribution in [2.24, 2.45) is 0 Å². The molecule has 0 amide bonds. The highest BCUT2D eigenvalue weighted by atomic mass is 32.1. The van der Waals surface area contributed by atoms with E-state index in [2.05, 4.69) is 15.4 Å². The SMILES string of the molecule is Cc1cc(C)c(C(=O)COC(=O)Cn2nnc(-c3cccs3)n2)cc1C. The van der Waals surface area contributed by atoms with Gasteiger partial charge < -0.3 is 4.74 Å². The Labute approximate surface area is 154 Å². The summed E-state index contributed by atoms with van der Waals surface area (Å²) in [6, 6.07) is 7.53. The lowest BCUT2D eigenvalue weighted by molar-refractivity contribution is -0.143. The standard InChI is InChI=1S/C18H18N4O3S/c1-11-7-13(3)14(8-12(11)2)15(23)10-25-17(24)9-22-20-18(19-21-22)16-5-4-6-26-16/h4-8H,9-10H2,1-3H3.